The molecule has 2 rings (SSSR count). The number of aliphatic hydroxyl groups is 1. The van der Waals surface area contributed by atoms with E-state index in [4.69, 9.17) is 4.42 Å². The van der Waals surface area contributed by atoms with Crippen LogP contribution in [0.5, 0.6) is 0 Å². The van der Waals surface area contributed by atoms with Gasteiger partial charge in [-0.1, -0.05) is 29.8 Å². The Morgan fingerprint density at radius 2 is 2.18 bits per heavy atom. The van der Waals surface area contributed by atoms with Crippen LogP contribution < -0.4 is 5.32 Å². The molecule has 0 saturated heterocycles. The number of nitrogens with one attached hydrogen (secondary N) is 1. The van der Waals surface area contributed by atoms with Crippen LogP contribution >= 0.6 is 0 Å². The fourth-order valence-corrected chi connectivity index (χ4v) is 1.76. The van der Waals surface area contributed by atoms with Crippen LogP contribution in [-0.4, -0.2) is 11.7 Å². The lowest BCUT2D eigenvalue weighted by atomic mass is 10.1. The molecule has 0 spiro atoms. The van der Waals surface area contributed by atoms with Crippen molar-refractivity contribution in [2.75, 3.05) is 6.54 Å². The van der Waals surface area contributed by atoms with Gasteiger partial charge < -0.3 is 14.8 Å². The van der Waals surface area contributed by atoms with E-state index in [1.807, 2.05) is 6.07 Å². The van der Waals surface area contributed by atoms with Crippen molar-refractivity contribution < 1.29 is 9.52 Å². The Balaban J connectivity index is 1.80. The number of hydrogen-bond donors (Lipinski definition) is 2. The van der Waals surface area contributed by atoms with Crippen LogP contribution in [0.15, 0.2) is 47.1 Å². The molecule has 0 amide bonds. The van der Waals surface area contributed by atoms with Gasteiger partial charge >= 0.3 is 0 Å². The van der Waals surface area contributed by atoms with Gasteiger partial charge in [-0.3, -0.25) is 0 Å². The second-order valence-electron chi connectivity index (χ2n) is 4.15. The molecule has 0 aliphatic rings. The summed E-state index contributed by atoms with van der Waals surface area (Å²) in [6, 6.07) is 11.9. The van der Waals surface area contributed by atoms with Gasteiger partial charge in [0.2, 0.25) is 0 Å². The van der Waals surface area contributed by atoms with Crippen LogP contribution in [0.4, 0.5) is 0 Å². The van der Waals surface area contributed by atoms with Gasteiger partial charge in [0.1, 0.15) is 11.9 Å². The molecule has 1 aromatic carbocycles. The third kappa shape index (κ3) is 3.44. The van der Waals surface area contributed by atoms with Crippen LogP contribution in [-0.2, 0) is 6.54 Å². The van der Waals surface area contributed by atoms with E-state index in [1.165, 1.54) is 11.1 Å². The highest BCUT2D eigenvalue weighted by Crippen LogP contribution is 2.12. The van der Waals surface area contributed by atoms with Crippen molar-refractivity contribution in [3.8, 4) is 0 Å². The van der Waals surface area contributed by atoms with Gasteiger partial charge in [-0.15, -0.1) is 0 Å². The molecular weight excluding hydrogens is 214 g/mol. The Morgan fingerprint density at radius 3 is 2.88 bits per heavy atom. The molecule has 0 saturated carbocycles. The first kappa shape index (κ1) is 11.9. The van der Waals surface area contributed by atoms with E-state index in [0.29, 0.717) is 12.3 Å². The molecule has 90 valence electrons. The average molecular weight is 231 g/mol. The molecule has 0 fully saturated rings. The quantitative estimate of drug-likeness (QED) is 0.830. The zero-order valence-corrected chi connectivity index (χ0v) is 9.89. The Bertz CT molecular complexity index is 451. The lowest BCUT2D eigenvalue weighted by molar-refractivity contribution is 0.147. The number of aliphatic hydroxyl groups excluding tert-OH is 1. The molecule has 17 heavy (non-hydrogen) atoms. The summed E-state index contributed by atoms with van der Waals surface area (Å²) in [7, 11) is 0. The number of furan rings is 1. The minimum Gasteiger partial charge on any atom is -0.467 e. The summed E-state index contributed by atoms with van der Waals surface area (Å²) < 4.78 is 5.13. The summed E-state index contributed by atoms with van der Waals surface area (Å²) in [6.07, 6.45) is 0.980. The van der Waals surface area contributed by atoms with E-state index in [9.17, 15) is 5.11 Å². The first-order chi connectivity index (χ1) is 8.25. The fourth-order valence-electron chi connectivity index (χ4n) is 1.76. The smallest absolute Gasteiger partial charge is 0.133 e. The molecule has 3 nitrogen and oxygen atoms in total. The summed E-state index contributed by atoms with van der Waals surface area (Å²) in [6.45, 7) is 3.31. The van der Waals surface area contributed by atoms with Crippen LogP contribution in [0.2, 0.25) is 0 Å². The Kier molecular flexibility index (Phi) is 3.96. The van der Waals surface area contributed by atoms with Crippen LogP contribution in [0, 0.1) is 6.92 Å². The minimum absolute atomic E-state index is 0.488. The highest BCUT2D eigenvalue weighted by atomic mass is 16.4. The van der Waals surface area contributed by atoms with Gasteiger partial charge in [-0.2, -0.15) is 0 Å². The molecule has 1 heterocycles. The summed E-state index contributed by atoms with van der Waals surface area (Å²) in [5.74, 6) is 0.599. The molecule has 1 aromatic heterocycles. The molecule has 2 N–H and O–H groups in total. The monoisotopic (exact) mass is 231 g/mol. The van der Waals surface area contributed by atoms with Crippen LogP contribution in [0.3, 0.4) is 0 Å². The molecule has 0 radical (unpaired) electrons. The highest BCUT2D eigenvalue weighted by Gasteiger charge is 2.08. The molecule has 1 atom stereocenters. The molecule has 3 heteroatoms. The van der Waals surface area contributed by atoms with Crippen molar-refractivity contribution in [2.24, 2.45) is 0 Å². The molecule has 0 aliphatic heterocycles. The molecule has 0 bridgehead atoms. The SMILES string of the molecule is Cc1cccc(CNCC(O)c2ccco2)c1. The average Bonchev–Trinajstić information content (AvgIpc) is 2.82. The maximum absolute atomic E-state index is 9.79. The molecule has 2 aromatic rings. The summed E-state index contributed by atoms with van der Waals surface area (Å²) in [5.41, 5.74) is 2.47. The van der Waals surface area contributed by atoms with Crippen LogP contribution in [0.25, 0.3) is 0 Å². The van der Waals surface area contributed by atoms with Gasteiger partial charge in [0.15, 0.2) is 0 Å². The first-order valence-electron chi connectivity index (χ1n) is 5.73. The number of rotatable bonds is 5. The first-order valence-corrected chi connectivity index (χ1v) is 5.73. The van der Waals surface area contributed by atoms with Crippen LogP contribution in [0.1, 0.15) is 23.0 Å². The van der Waals surface area contributed by atoms with E-state index in [1.54, 1.807) is 18.4 Å². The van der Waals surface area contributed by atoms with E-state index in [2.05, 4.69) is 30.4 Å². The second-order valence-corrected chi connectivity index (χ2v) is 4.15. The fraction of sp³-hybridized carbons (Fsp3) is 0.286. The van der Waals surface area contributed by atoms with Crippen molar-refractivity contribution in [2.45, 2.75) is 19.6 Å². The highest BCUT2D eigenvalue weighted by molar-refractivity contribution is 5.21. The van der Waals surface area contributed by atoms with Gasteiger partial charge in [0.05, 0.1) is 6.26 Å². The molecular formula is C14H17NO2. The van der Waals surface area contributed by atoms with E-state index < -0.39 is 6.10 Å². The van der Waals surface area contributed by atoms with Gasteiger partial charge in [-0.05, 0) is 24.6 Å². The number of hydrogen-bond acceptors (Lipinski definition) is 3. The molecule has 0 aliphatic carbocycles. The standard InChI is InChI=1S/C14H17NO2/c1-11-4-2-5-12(8-11)9-15-10-13(16)14-6-3-7-17-14/h2-8,13,15-16H,9-10H2,1H3. The Labute approximate surface area is 101 Å². The number of benzene rings is 1. The lowest BCUT2D eigenvalue weighted by Gasteiger charge is -2.09. The predicted octanol–water partition coefficient (Wildman–Crippen LogP) is 2.41. The summed E-state index contributed by atoms with van der Waals surface area (Å²) >= 11 is 0. The zero-order chi connectivity index (χ0) is 12.1. The van der Waals surface area contributed by atoms with E-state index in [-0.39, 0.29) is 0 Å². The van der Waals surface area contributed by atoms with Crippen molar-refractivity contribution in [1.29, 1.82) is 0 Å². The number of aryl methyl sites for hydroxylation is 1. The summed E-state index contributed by atoms with van der Waals surface area (Å²) in [5, 5.41) is 13.0. The van der Waals surface area contributed by atoms with E-state index in [0.717, 1.165) is 6.54 Å². The van der Waals surface area contributed by atoms with Crippen molar-refractivity contribution in [3.63, 3.8) is 0 Å². The topological polar surface area (TPSA) is 45.4 Å². The minimum atomic E-state index is -0.588. The van der Waals surface area contributed by atoms with Gasteiger partial charge in [-0.25, -0.2) is 0 Å². The second kappa shape index (κ2) is 5.66. The van der Waals surface area contributed by atoms with Crippen molar-refractivity contribution in [3.05, 3.63) is 59.5 Å². The van der Waals surface area contributed by atoms with E-state index >= 15 is 0 Å². The largest absolute Gasteiger partial charge is 0.467 e. The Hall–Kier alpha value is -1.58. The van der Waals surface area contributed by atoms with Crippen molar-refractivity contribution >= 4 is 0 Å². The summed E-state index contributed by atoms with van der Waals surface area (Å²) in [4.78, 5) is 0. The third-order valence-electron chi connectivity index (χ3n) is 2.62. The third-order valence-corrected chi connectivity index (χ3v) is 2.62. The Morgan fingerprint density at radius 1 is 1.29 bits per heavy atom. The van der Waals surface area contributed by atoms with Crippen molar-refractivity contribution in [1.82, 2.24) is 5.32 Å². The lowest BCUT2D eigenvalue weighted by Crippen LogP contribution is -2.20. The van der Waals surface area contributed by atoms with Gasteiger partial charge in [0, 0.05) is 13.1 Å². The zero-order valence-electron chi connectivity index (χ0n) is 9.89. The maximum Gasteiger partial charge on any atom is 0.133 e. The van der Waals surface area contributed by atoms with Gasteiger partial charge in [0.25, 0.3) is 0 Å². The maximum atomic E-state index is 9.79. The molecule has 1 unspecified atom stereocenters. The normalized spacial score (nSPS) is 12.6. The predicted molar refractivity (Wildman–Crippen MR) is 66.6 cm³/mol.